The van der Waals surface area contributed by atoms with Crippen LogP contribution in [0.25, 0.3) is 0 Å². The quantitative estimate of drug-likeness (QED) is 0.615. The van der Waals surface area contributed by atoms with Gasteiger partial charge >= 0.3 is 0 Å². The molecule has 0 radical (unpaired) electrons. The van der Waals surface area contributed by atoms with E-state index in [0.717, 1.165) is 12.8 Å². The summed E-state index contributed by atoms with van der Waals surface area (Å²) in [6.07, 6.45) is 6.46. The van der Waals surface area contributed by atoms with E-state index < -0.39 is 0 Å². The molecule has 23 heavy (non-hydrogen) atoms. The van der Waals surface area contributed by atoms with Gasteiger partial charge < -0.3 is 0 Å². The lowest BCUT2D eigenvalue weighted by atomic mass is 9.46. The second kappa shape index (κ2) is 4.56. The first kappa shape index (κ1) is 14.7. The van der Waals surface area contributed by atoms with Gasteiger partial charge in [-0.25, -0.2) is 0 Å². The fourth-order valence-electron chi connectivity index (χ4n) is 5.06. The molecule has 4 atom stereocenters. The molecular weight excluding hydrogens is 286 g/mol. The number of hydrogen-bond acceptors (Lipinski definition) is 2. The van der Waals surface area contributed by atoms with Crippen molar-refractivity contribution in [1.29, 1.82) is 0 Å². The van der Waals surface area contributed by atoms with Crippen molar-refractivity contribution in [3.63, 3.8) is 0 Å². The van der Waals surface area contributed by atoms with Crippen LogP contribution in [0.15, 0.2) is 42.5 Å². The first-order valence-electron chi connectivity index (χ1n) is 8.54. The predicted octanol–water partition coefficient (Wildman–Crippen LogP) is 3.80. The van der Waals surface area contributed by atoms with Crippen LogP contribution in [-0.4, -0.2) is 11.8 Å². The zero-order valence-corrected chi connectivity index (χ0v) is 14.0. The number of carbonyl (C=O) groups excluding carboxylic acids is 2. The molecule has 2 bridgehead atoms. The minimum atomic E-state index is -0.212. The smallest absolute Gasteiger partial charge is 0.238 e. The highest BCUT2D eigenvalue weighted by atomic mass is 16.2. The highest BCUT2D eigenvalue weighted by Crippen LogP contribution is 2.64. The summed E-state index contributed by atoms with van der Waals surface area (Å²) in [6.45, 7) is 6.50. The minimum absolute atomic E-state index is 0.00447. The van der Waals surface area contributed by atoms with E-state index >= 15 is 0 Å². The summed E-state index contributed by atoms with van der Waals surface area (Å²) in [6, 6.07) is 9.37. The van der Waals surface area contributed by atoms with Gasteiger partial charge in [0.05, 0.1) is 17.5 Å². The van der Waals surface area contributed by atoms with E-state index in [0.29, 0.717) is 11.6 Å². The topological polar surface area (TPSA) is 37.4 Å². The Balaban J connectivity index is 1.86. The van der Waals surface area contributed by atoms with Gasteiger partial charge in [0, 0.05) is 5.41 Å². The number of amides is 2. The van der Waals surface area contributed by atoms with Gasteiger partial charge in [-0.2, -0.15) is 0 Å². The van der Waals surface area contributed by atoms with E-state index in [9.17, 15) is 9.59 Å². The molecule has 3 nitrogen and oxygen atoms in total. The molecule has 1 saturated heterocycles. The minimum Gasteiger partial charge on any atom is -0.274 e. The third kappa shape index (κ3) is 1.71. The van der Waals surface area contributed by atoms with Gasteiger partial charge in [0.15, 0.2) is 0 Å². The number of carbonyl (C=O) groups is 2. The van der Waals surface area contributed by atoms with Crippen LogP contribution in [0.3, 0.4) is 0 Å². The lowest BCUT2D eigenvalue weighted by Gasteiger charge is -2.55. The Morgan fingerprint density at radius 1 is 1.00 bits per heavy atom. The molecule has 1 aliphatic heterocycles. The molecule has 0 spiro atoms. The lowest BCUT2D eigenvalue weighted by molar-refractivity contribution is -0.135. The molecule has 120 valence electrons. The SMILES string of the molecule is CC(C)[C@@]12C=C[C@@](C)(CC1)[C@H]1C(=O)N(c3ccccc3)C(=O)[C@@H]12. The van der Waals surface area contributed by atoms with Gasteiger partial charge in [-0.1, -0.05) is 51.1 Å². The third-order valence-electron chi connectivity index (χ3n) is 6.56. The molecule has 0 aromatic heterocycles. The lowest BCUT2D eigenvalue weighted by Crippen LogP contribution is -2.53. The molecule has 4 aliphatic rings. The van der Waals surface area contributed by atoms with Crippen molar-refractivity contribution in [2.24, 2.45) is 28.6 Å². The maximum Gasteiger partial charge on any atom is 0.238 e. The second-order valence-corrected chi connectivity index (χ2v) is 7.91. The fourth-order valence-corrected chi connectivity index (χ4v) is 5.06. The third-order valence-corrected chi connectivity index (χ3v) is 6.56. The zero-order valence-electron chi connectivity index (χ0n) is 14.0. The van der Waals surface area contributed by atoms with Crippen molar-refractivity contribution < 1.29 is 9.59 Å². The Hall–Kier alpha value is -1.90. The van der Waals surface area contributed by atoms with E-state index in [2.05, 4.69) is 32.9 Å². The van der Waals surface area contributed by atoms with Gasteiger partial charge in [-0.05, 0) is 36.3 Å². The largest absolute Gasteiger partial charge is 0.274 e. The average molecular weight is 309 g/mol. The molecule has 1 saturated carbocycles. The van der Waals surface area contributed by atoms with E-state index in [1.807, 2.05) is 30.3 Å². The predicted molar refractivity (Wildman–Crippen MR) is 89.7 cm³/mol. The molecule has 0 unspecified atom stereocenters. The number of rotatable bonds is 2. The number of hydrogen-bond donors (Lipinski definition) is 0. The van der Waals surface area contributed by atoms with Crippen LogP contribution in [0.4, 0.5) is 5.69 Å². The molecule has 0 N–H and O–H groups in total. The van der Waals surface area contributed by atoms with Gasteiger partial charge in [-0.3, -0.25) is 14.5 Å². The zero-order chi connectivity index (χ0) is 16.4. The van der Waals surface area contributed by atoms with Crippen LogP contribution in [0.2, 0.25) is 0 Å². The number of allylic oxidation sites excluding steroid dienone is 2. The van der Waals surface area contributed by atoms with E-state index in [1.165, 1.54) is 4.90 Å². The van der Waals surface area contributed by atoms with Crippen LogP contribution in [0.5, 0.6) is 0 Å². The summed E-state index contributed by atoms with van der Waals surface area (Å²) >= 11 is 0. The number of nitrogens with zero attached hydrogens (tertiary/aromatic N) is 1. The van der Waals surface area contributed by atoms with Crippen LogP contribution in [0, 0.1) is 28.6 Å². The van der Waals surface area contributed by atoms with E-state index in [4.69, 9.17) is 0 Å². The van der Waals surface area contributed by atoms with Gasteiger partial charge in [0.1, 0.15) is 0 Å². The summed E-state index contributed by atoms with van der Waals surface area (Å²) in [4.78, 5) is 27.9. The first-order chi connectivity index (χ1) is 10.9. The van der Waals surface area contributed by atoms with Crippen LogP contribution in [0.1, 0.15) is 33.6 Å². The Kier molecular flexibility index (Phi) is 2.91. The maximum atomic E-state index is 13.3. The highest BCUT2D eigenvalue weighted by molar-refractivity contribution is 6.23. The molecule has 2 amide bonds. The molecule has 3 aliphatic carbocycles. The molecule has 1 aromatic rings. The van der Waals surface area contributed by atoms with Crippen molar-refractivity contribution in [3.05, 3.63) is 42.5 Å². The van der Waals surface area contributed by atoms with Crippen molar-refractivity contribution in [2.75, 3.05) is 4.90 Å². The van der Waals surface area contributed by atoms with Crippen LogP contribution >= 0.6 is 0 Å². The molecule has 2 fully saturated rings. The van der Waals surface area contributed by atoms with Crippen molar-refractivity contribution in [1.82, 2.24) is 0 Å². The summed E-state index contributed by atoms with van der Waals surface area (Å²) in [5.41, 5.74) is 0.356. The number of anilines is 1. The average Bonchev–Trinajstić information content (AvgIpc) is 2.83. The molecule has 3 heteroatoms. The Morgan fingerprint density at radius 3 is 2.22 bits per heavy atom. The Bertz CT molecular complexity index is 708. The normalized spacial score (nSPS) is 38.5. The Morgan fingerprint density at radius 2 is 1.65 bits per heavy atom. The number of para-hydroxylation sites is 1. The summed E-state index contributed by atoms with van der Waals surface area (Å²) in [5, 5.41) is 0. The fraction of sp³-hybridized carbons (Fsp3) is 0.500. The molecular formula is C20H23NO2. The molecule has 1 aromatic carbocycles. The van der Waals surface area contributed by atoms with Gasteiger partial charge in [0.25, 0.3) is 0 Å². The standard InChI is InChI=1S/C20H23NO2/c1-13(2)20-11-9-19(3,10-12-20)15-16(20)18(23)21(17(15)22)14-7-5-4-6-8-14/h4-9,11,13,15-16H,10,12H2,1-3H3/t15-,16-,19+,20-/m1/s1. The van der Waals surface area contributed by atoms with Crippen molar-refractivity contribution in [2.45, 2.75) is 33.6 Å². The number of imide groups is 1. The van der Waals surface area contributed by atoms with Gasteiger partial charge in [0.2, 0.25) is 11.8 Å². The summed E-state index contributed by atoms with van der Waals surface area (Å²) < 4.78 is 0. The van der Waals surface area contributed by atoms with E-state index in [1.54, 1.807) is 0 Å². The summed E-state index contributed by atoms with van der Waals surface area (Å²) in [5.74, 6) is -0.0863. The first-order valence-corrected chi connectivity index (χ1v) is 8.54. The number of benzene rings is 1. The van der Waals surface area contributed by atoms with Gasteiger partial charge in [-0.15, -0.1) is 0 Å². The monoisotopic (exact) mass is 309 g/mol. The van der Waals surface area contributed by atoms with Crippen LogP contribution < -0.4 is 4.90 Å². The molecule has 1 heterocycles. The maximum absolute atomic E-state index is 13.3. The highest BCUT2D eigenvalue weighted by Gasteiger charge is 2.67. The van der Waals surface area contributed by atoms with E-state index in [-0.39, 0.29) is 34.5 Å². The van der Waals surface area contributed by atoms with Crippen LogP contribution in [-0.2, 0) is 9.59 Å². The van der Waals surface area contributed by atoms with Crippen molar-refractivity contribution >= 4 is 17.5 Å². The summed E-state index contributed by atoms with van der Waals surface area (Å²) in [7, 11) is 0. The second-order valence-electron chi connectivity index (χ2n) is 7.91. The molecule has 5 rings (SSSR count). The number of fused-ring (bicyclic) bond motifs is 1. The van der Waals surface area contributed by atoms with Crippen molar-refractivity contribution in [3.8, 4) is 0 Å². The Labute approximate surface area is 137 Å².